The standard InChI is InChI=1S/C22H22N6O2/c1-27(14-18-12-24-28(16-18)15-17-6-3-2-4-7-17)21(29)10-9-20-25-22(26-30-20)19-8-5-11-23-13-19/h2-8,11-13,16H,9-10,14-15H2,1H3. The Morgan fingerprint density at radius 1 is 1.10 bits per heavy atom. The topological polar surface area (TPSA) is 89.9 Å². The molecule has 0 aliphatic heterocycles. The Balaban J connectivity index is 1.28. The molecule has 4 rings (SSSR count). The fourth-order valence-corrected chi connectivity index (χ4v) is 3.08. The van der Waals surface area contributed by atoms with Gasteiger partial charge in [0.05, 0.1) is 12.7 Å². The number of amides is 1. The summed E-state index contributed by atoms with van der Waals surface area (Å²) in [6, 6.07) is 13.8. The van der Waals surface area contributed by atoms with Gasteiger partial charge in [0.25, 0.3) is 0 Å². The third-order valence-corrected chi connectivity index (χ3v) is 4.66. The second kappa shape index (κ2) is 9.13. The number of pyridine rings is 1. The van der Waals surface area contributed by atoms with E-state index in [1.165, 1.54) is 5.56 Å². The molecule has 0 saturated carbocycles. The molecule has 0 aliphatic rings. The largest absolute Gasteiger partial charge is 0.341 e. The van der Waals surface area contributed by atoms with E-state index in [0.717, 1.165) is 11.1 Å². The van der Waals surface area contributed by atoms with Gasteiger partial charge < -0.3 is 9.42 Å². The van der Waals surface area contributed by atoms with Crippen molar-refractivity contribution in [3.63, 3.8) is 0 Å². The Bertz CT molecular complexity index is 1090. The Morgan fingerprint density at radius 3 is 2.77 bits per heavy atom. The molecule has 0 aliphatic carbocycles. The lowest BCUT2D eigenvalue weighted by atomic mass is 10.2. The summed E-state index contributed by atoms with van der Waals surface area (Å²) in [6.45, 7) is 1.20. The molecule has 0 atom stereocenters. The van der Waals surface area contributed by atoms with E-state index in [0.29, 0.717) is 37.6 Å². The van der Waals surface area contributed by atoms with Crippen LogP contribution in [0.15, 0.2) is 71.8 Å². The number of benzene rings is 1. The molecule has 0 saturated heterocycles. The number of aromatic nitrogens is 5. The van der Waals surface area contributed by atoms with Crippen molar-refractivity contribution in [1.29, 1.82) is 0 Å². The van der Waals surface area contributed by atoms with Crippen LogP contribution < -0.4 is 0 Å². The van der Waals surface area contributed by atoms with Crippen molar-refractivity contribution >= 4 is 5.91 Å². The predicted molar refractivity (Wildman–Crippen MR) is 110 cm³/mol. The Kier molecular flexibility index (Phi) is 5.93. The first-order valence-electron chi connectivity index (χ1n) is 9.69. The summed E-state index contributed by atoms with van der Waals surface area (Å²) >= 11 is 0. The first-order chi connectivity index (χ1) is 14.7. The molecular formula is C22H22N6O2. The molecule has 0 bridgehead atoms. The highest BCUT2D eigenvalue weighted by Gasteiger charge is 2.14. The van der Waals surface area contributed by atoms with Crippen molar-refractivity contribution in [1.82, 2.24) is 29.8 Å². The smallest absolute Gasteiger partial charge is 0.227 e. The molecule has 8 heteroatoms. The van der Waals surface area contributed by atoms with Crippen LogP contribution in [0.1, 0.15) is 23.4 Å². The normalized spacial score (nSPS) is 10.8. The SMILES string of the molecule is CN(Cc1cnn(Cc2ccccc2)c1)C(=O)CCc1nc(-c2cccnc2)no1. The zero-order valence-electron chi connectivity index (χ0n) is 16.7. The van der Waals surface area contributed by atoms with Crippen LogP contribution in [0.2, 0.25) is 0 Å². The van der Waals surface area contributed by atoms with Crippen LogP contribution in [0.5, 0.6) is 0 Å². The highest BCUT2D eigenvalue weighted by atomic mass is 16.5. The third kappa shape index (κ3) is 4.96. The zero-order chi connectivity index (χ0) is 20.8. The molecule has 3 aromatic heterocycles. The van der Waals surface area contributed by atoms with Gasteiger partial charge in [0.2, 0.25) is 17.6 Å². The summed E-state index contributed by atoms with van der Waals surface area (Å²) in [4.78, 5) is 22.6. The van der Waals surface area contributed by atoms with Crippen LogP contribution in [-0.4, -0.2) is 42.8 Å². The molecular weight excluding hydrogens is 380 g/mol. The van der Waals surface area contributed by atoms with Crippen LogP contribution >= 0.6 is 0 Å². The van der Waals surface area contributed by atoms with Crippen LogP contribution in [0.3, 0.4) is 0 Å². The molecule has 3 heterocycles. The summed E-state index contributed by atoms with van der Waals surface area (Å²) in [5, 5.41) is 8.34. The van der Waals surface area contributed by atoms with E-state index in [9.17, 15) is 4.79 Å². The van der Waals surface area contributed by atoms with Gasteiger partial charge in [-0.1, -0.05) is 35.5 Å². The van der Waals surface area contributed by atoms with Crippen molar-refractivity contribution < 1.29 is 9.32 Å². The first kappa shape index (κ1) is 19.5. The highest BCUT2D eigenvalue weighted by Crippen LogP contribution is 2.15. The lowest BCUT2D eigenvalue weighted by Gasteiger charge is -2.15. The van der Waals surface area contributed by atoms with Crippen molar-refractivity contribution in [2.45, 2.75) is 25.9 Å². The molecule has 4 aromatic rings. The van der Waals surface area contributed by atoms with Crippen molar-refractivity contribution in [3.05, 3.63) is 84.3 Å². The highest BCUT2D eigenvalue weighted by molar-refractivity contribution is 5.76. The molecule has 0 unspecified atom stereocenters. The van der Waals surface area contributed by atoms with Crippen LogP contribution in [0.4, 0.5) is 0 Å². The lowest BCUT2D eigenvalue weighted by Crippen LogP contribution is -2.26. The molecule has 1 aromatic carbocycles. The molecule has 0 radical (unpaired) electrons. The van der Waals surface area contributed by atoms with Gasteiger partial charge in [-0.05, 0) is 17.7 Å². The molecule has 0 fully saturated rings. The average molecular weight is 402 g/mol. The fourth-order valence-electron chi connectivity index (χ4n) is 3.08. The Labute approximate surface area is 174 Å². The van der Waals surface area contributed by atoms with E-state index >= 15 is 0 Å². The molecule has 152 valence electrons. The molecule has 8 nitrogen and oxygen atoms in total. The average Bonchev–Trinajstić information content (AvgIpc) is 3.43. The van der Waals surface area contributed by atoms with Crippen LogP contribution in [0.25, 0.3) is 11.4 Å². The zero-order valence-corrected chi connectivity index (χ0v) is 16.7. The van der Waals surface area contributed by atoms with Gasteiger partial charge in [-0.2, -0.15) is 10.1 Å². The minimum absolute atomic E-state index is 0.00642. The summed E-state index contributed by atoms with van der Waals surface area (Å²) in [5.41, 5.74) is 2.95. The minimum atomic E-state index is 0.00642. The second-order valence-electron chi connectivity index (χ2n) is 7.03. The second-order valence-corrected chi connectivity index (χ2v) is 7.03. The minimum Gasteiger partial charge on any atom is -0.341 e. The van der Waals surface area contributed by atoms with E-state index in [2.05, 4.69) is 32.4 Å². The van der Waals surface area contributed by atoms with Crippen molar-refractivity contribution in [2.24, 2.45) is 0 Å². The number of aryl methyl sites for hydroxylation is 1. The van der Waals surface area contributed by atoms with Crippen LogP contribution in [0, 0.1) is 0 Å². The molecule has 0 spiro atoms. The Morgan fingerprint density at radius 2 is 1.97 bits per heavy atom. The predicted octanol–water partition coefficient (Wildman–Crippen LogP) is 2.97. The summed E-state index contributed by atoms with van der Waals surface area (Å²) < 4.78 is 7.13. The van der Waals surface area contributed by atoms with Gasteiger partial charge in [0.1, 0.15) is 0 Å². The van der Waals surface area contributed by atoms with Gasteiger partial charge in [0.15, 0.2) is 0 Å². The van der Waals surface area contributed by atoms with E-state index in [1.807, 2.05) is 41.2 Å². The summed E-state index contributed by atoms with van der Waals surface area (Å²) in [5.74, 6) is 0.919. The third-order valence-electron chi connectivity index (χ3n) is 4.66. The lowest BCUT2D eigenvalue weighted by molar-refractivity contribution is -0.130. The summed E-state index contributed by atoms with van der Waals surface area (Å²) in [6.07, 6.45) is 7.81. The first-order valence-corrected chi connectivity index (χ1v) is 9.69. The molecule has 0 N–H and O–H groups in total. The van der Waals surface area contributed by atoms with E-state index in [-0.39, 0.29) is 5.91 Å². The molecule has 1 amide bonds. The number of hydrogen-bond donors (Lipinski definition) is 0. The maximum atomic E-state index is 12.5. The van der Waals surface area contributed by atoms with Crippen LogP contribution in [-0.2, 0) is 24.3 Å². The number of nitrogens with zero attached hydrogens (tertiary/aromatic N) is 6. The van der Waals surface area contributed by atoms with E-state index in [1.54, 1.807) is 30.5 Å². The van der Waals surface area contributed by atoms with Crippen molar-refractivity contribution in [3.8, 4) is 11.4 Å². The van der Waals surface area contributed by atoms with E-state index in [4.69, 9.17) is 4.52 Å². The number of rotatable bonds is 8. The van der Waals surface area contributed by atoms with E-state index < -0.39 is 0 Å². The quantitative estimate of drug-likeness (QED) is 0.450. The fraction of sp³-hybridized carbons (Fsp3) is 0.227. The summed E-state index contributed by atoms with van der Waals surface area (Å²) in [7, 11) is 1.78. The molecule has 30 heavy (non-hydrogen) atoms. The maximum absolute atomic E-state index is 12.5. The monoisotopic (exact) mass is 402 g/mol. The van der Waals surface area contributed by atoms with Gasteiger partial charge in [0, 0.05) is 56.2 Å². The number of carbonyl (C=O) groups excluding carboxylic acids is 1. The number of hydrogen-bond acceptors (Lipinski definition) is 6. The van der Waals surface area contributed by atoms with Gasteiger partial charge in [-0.25, -0.2) is 0 Å². The van der Waals surface area contributed by atoms with Gasteiger partial charge in [-0.3, -0.25) is 14.5 Å². The van der Waals surface area contributed by atoms with Gasteiger partial charge >= 0.3 is 0 Å². The Hall–Kier alpha value is -3.81. The van der Waals surface area contributed by atoms with Crippen molar-refractivity contribution in [2.75, 3.05) is 7.05 Å². The van der Waals surface area contributed by atoms with Gasteiger partial charge in [-0.15, -0.1) is 0 Å². The number of carbonyl (C=O) groups is 1. The maximum Gasteiger partial charge on any atom is 0.227 e.